The highest BCUT2D eigenvalue weighted by atomic mass is 35.5. The van der Waals surface area contributed by atoms with Crippen LogP contribution in [0.5, 0.6) is 0 Å². The molecule has 1 fully saturated rings. The van der Waals surface area contributed by atoms with Crippen LogP contribution in [0.25, 0.3) is 0 Å². The summed E-state index contributed by atoms with van der Waals surface area (Å²) in [5, 5.41) is 6.05. The zero-order valence-corrected chi connectivity index (χ0v) is 13.2. The van der Waals surface area contributed by atoms with Gasteiger partial charge in [-0.05, 0) is 32.5 Å². The lowest BCUT2D eigenvalue weighted by molar-refractivity contribution is -0.117. The Balaban J connectivity index is 0.00000220. The predicted molar refractivity (Wildman–Crippen MR) is 86.2 cm³/mol. The Bertz CT molecular complexity index is 507. The maximum atomic E-state index is 12.1. The van der Waals surface area contributed by atoms with E-state index in [-0.39, 0.29) is 24.1 Å². The Morgan fingerprint density at radius 2 is 2.05 bits per heavy atom. The number of ketones is 1. The van der Waals surface area contributed by atoms with Crippen LogP contribution in [0.15, 0.2) is 24.3 Å². The lowest BCUT2D eigenvalue weighted by Crippen LogP contribution is -2.34. The number of hydrogen-bond donors (Lipinski definition) is 2. The van der Waals surface area contributed by atoms with E-state index < -0.39 is 0 Å². The zero-order chi connectivity index (χ0) is 14.5. The van der Waals surface area contributed by atoms with Gasteiger partial charge in [0.2, 0.25) is 5.91 Å². The van der Waals surface area contributed by atoms with E-state index in [1.54, 1.807) is 18.2 Å². The van der Waals surface area contributed by atoms with E-state index >= 15 is 0 Å². The Morgan fingerprint density at radius 1 is 1.33 bits per heavy atom. The van der Waals surface area contributed by atoms with Gasteiger partial charge in [-0.3, -0.25) is 14.5 Å². The molecule has 0 aliphatic carbocycles. The van der Waals surface area contributed by atoms with Crippen molar-refractivity contribution in [2.45, 2.75) is 19.4 Å². The summed E-state index contributed by atoms with van der Waals surface area (Å²) in [4.78, 5) is 25.7. The third-order valence-corrected chi connectivity index (χ3v) is 3.63. The van der Waals surface area contributed by atoms with Crippen molar-refractivity contribution in [3.63, 3.8) is 0 Å². The molecule has 1 aliphatic rings. The summed E-state index contributed by atoms with van der Waals surface area (Å²) >= 11 is 0. The summed E-state index contributed by atoms with van der Waals surface area (Å²) in [7, 11) is 1.94. The van der Waals surface area contributed by atoms with Gasteiger partial charge in [-0.25, -0.2) is 0 Å². The highest BCUT2D eigenvalue weighted by molar-refractivity contribution is 6.04. The van der Waals surface area contributed by atoms with E-state index in [1.807, 2.05) is 13.1 Å². The van der Waals surface area contributed by atoms with Gasteiger partial charge < -0.3 is 10.6 Å². The summed E-state index contributed by atoms with van der Waals surface area (Å²) in [6.07, 6.45) is 1.06. The molecule has 1 aromatic carbocycles. The number of carbonyl (C=O) groups is 2. The second-order valence-electron chi connectivity index (χ2n) is 5.16. The van der Waals surface area contributed by atoms with Gasteiger partial charge in [0.05, 0.1) is 12.2 Å². The molecule has 116 valence electrons. The normalized spacial score (nSPS) is 18.1. The van der Waals surface area contributed by atoms with E-state index in [0.717, 1.165) is 19.5 Å². The van der Waals surface area contributed by atoms with Crippen LogP contribution in [0, 0.1) is 0 Å². The van der Waals surface area contributed by atoms with Crippen molar-refractivity contribution in [1.82, 2.24) is 10.2 Å². The quantitative estimate of drug-likeness (QED) is 0.810. The van der Waals surface area contributed by atoms with Gasteiger partial charge in [0.25, 0.3) is 0 Å². The van der Waals surface area contributed by atoms with Gasteiger partial charge in [0, 0.05) is 24.7 Å². The number of hydrogen-bond acceptors (Lipinski definition) is 4. The van der Waals surface area contributed by atoms with Crippen molar-refractivity contribution in [1.29, 1.82) is 0 Å². The van der Waals surface area contributed by atoms with Crippen LogP contribution < -0.4 is 10.6 Å². The topological polar surface area (TPSA) is 61.4 Å². The zero-order valence-electron chi connectivity index (χ0n) is 12.4. The number of benzene rings is 1. The summed E-state index contributed by atoms with van der Waals surface area (Å²) in [6, 6.07) is 7.56. The molecule has 0 aromatic heterocycles. The van der Waals surface area contributed by atoms with Gasteiger partial charge in [-0.2, -0.15) is 0 Å². The van der Waals surface area contributed by atoms with Crippen LogP contribution in [0.3, 0.4) is 0 Å². The molecule has 1 aromatic rings. The number of likely N-dealkylation sites (N-methyl/N-ethyl adjacent to an activating group) is 1. The molecule has 1 saturated heterocycles. The third-order valence-electron chi connectivity index (χ3n) is 3.63. The highest BCUT2D eigenvalue weighted by Gasteiger charge is 2.22. The molecular weight excluding hydrogens is 290 g/mol. The number of nitrogens with zero attached hydrogens (tertiary/aromatic N) is 1. The van der Waals surface area contributed by atoms with E-state index in [9.17, 15) is 9.59 Å². The van der Waals surface area contributed by atoms with Crippen LogP contribution in [0.2, 0.25) is 0 Å². The van der Waals surface area contributed by atoms with Gasteiger partial charge in [0.1, 0.15) is 0 Å². The highest BCUT2D eigenvalue weighted by Crippen LogP contribution is 2.16. The SMILES string of the molecule is CNC1CCN(CC(=O)Nc2ccccc2C(C)=O)C1.Cl. The van der Waals surface area contributed by atoms with Crippen LogP contribution in [0.4, 0.5) is 5.69 Å². The number of likely N-dealkylation sites (tertiary alicyclic amines) is 1. The van der Waals surface area contributed by atoms with Crippen molar-refractivity contribution in [2.24, 2.45) is 0 Å². The predicted octanol–water partition coefficient (Wildman–Crippen LogP) is 1.54. The minimum absolute atomic E-state index is 0. The van der Waals surface area contributed by atoms with Crippen LogP contribution >= 0.6 is 12.4 Å². The minimum atomic E-state index is -0.0737. The summed E-state index contributed by atoms with van der Waals surface area (Å²) in [5.74, 6) is -0.118. The molecule has 1 aliphatic heterocycles. The third kappa shape index (κ3) is 4.81. The molecule has 0 radical (unpaired) electrons. The Labute approximate surface area is 131 Å². The standard InChI is InChI=1S/C15H21N3O2.ClH/c1-11(19)13-5-3-4-6-14(13)17-15(20)10-18-8-7-12(9-18)16-2;/h3-6,12,16H,7-10H2,1-2H3,(H,17,20);1H. The molecule has 1 heterocycles. The van der Waals surface area contributed by atoms with Crippen LogP contribution in [-0.2, 0) is 4.79 Å². The number of rotatable bonds is 5. The second kappa shape index (κ2) is 8.12. The van der Waals surface area contributed by atoms with Crippen LogP contribution in [0.1, 0.15) is 23.7 Å². The molecule has 0 bridgehead atoms. The number of Topliss-reactive ketones (excluding diaryl/α,β-unsaturated/α-hetero) is 1. The van der Waals surface area contributed by atoms with Crippen molar-refractivity contribution in [3.05, 3.63) is 29.8 Å². The average Bonchev–Trinajstić information content (AvgIpc) is 2.86. The fraction of sp³-hybridized carbons (Fsp3) is 0.467. The first-order valence-corrected chi connectivity index (χ1v) is 6.89. The fourth-order valence-corrected chi connectivity index (χ4v) is 2.50. The lowest BCUT2D eigenvalue weighted by atomic mass is 10.1. The van der Waals surface area contributed by atoms with E-state index in [0.29, 0.717) is 23.8 Å². The van der Waals surface area contributed by atoms with Gasteiger partial charge in [-0.15, -0.1) is 12.4 Å². The van der Waals surface area contributed by atoms with Crippen molar-refractivity contribution in [2.75, 3.05) is 32.0 Å². The molecule has 1 atom stereocenters. The number of amides is 1. The molecule has 2 N–H and O–H groups in total. The number of anilines is 1. The molecule has 21 heavy (non-hydrogen) atoms. The van der Waals surface area contributed by atoms with E-state index in [4.69, 9.17) is 0 Å². The Hall–Kier alpha value is -1.43. The van der Waals surface area contributed by atoms with Crippen molar-refractivity contribution in [3.8, 4) is 0 Å². The molecular formula is C15H22ClN3O2. The van der Waals surface area contributed by atoms with Crippen LogP contribution in [-0.4, -0.2) is 49.3 Å². The average molecular weight is 312 g/mol. The lowest BCUT2D eigenvalue weighted by Gasteiger charge is -2.16. The number of nitrogens with one attached hydrogen (secondary N) is 2. The van der Waals surface area contributed by atoms with Crippen molar-refractivity contribution >= 4 is 29.8 Å². The number of carbonyl (C=O) groups excluding carboxylic acids is 2. The molecule has 0 saturated carbocycles. The number of para-hydroxylation sites is 1. The van der Waals surface area contributed by atoms with E-state index in [2.05, 4.69) is 15.5 Å². The van der Waals surface area contributed by atoms with E-state index in [1.165, 1.54) is 6.92 Å². The smallest absolute Gasteiger partial charge is 0.238 e. The number of halogens is 1. The fourth-order valence-electron chi connectivity index (χ4n) is 2.50. The summed E-state index contributed by atoms with van der Waals surface area (Å²) in [6.45, 7) is 3.68. The first-order chi connectivity index (χ1) is 9.60. The molecule has 0 spiro atoms. The first kappa shape index (κ1) is 17.6. The maximum absolute atomic E-state index is 12.1. The Morgan fingerprint density at radius 3 is 2.67 bits per heavy atom. The molecule has 1 amide bonds. The second-order valence-corrected chi connectivity index (χ2v) is 5.16. The monoisotopic (exact) mass is 311 g/mol. The molecule has 5 nitrogen and oxygen atoms in total. The van der Waals surface area contributed by atoms with Gasteiger partial charge in [0.15, 0.2) is 5.78 Å². The molecule has 1 unspecified atom stereocenters. The largest absolute Gasteiger partial charge is 0.324 e. The maximum Gasteiger partial charge on any atom is 0.238 e. The Kier molecular flexibility index (Phi) is 6.81. The minimum Gasteiger partial charge on any atom is -0.324 e. The van der Waals surface area contributed by atoms with Gasteiger partial charge >= 0.3 is 0 Å². The summed E-state index contributed by atoms with van der Waals surface area (Å²) < 4.78 is 0. The first-order valence-electron chi connectivity index (χ1n) is 6.89. The van der Waals surface area contributed by atoms with Gasteiger partial charge in [-0.1, -0.05) is 12.1 Å². The summed E-state index contributed by atoms with van der Waals surface area (Å²) in [5.41, 5.74) is 1.14. The molecule has 2 rings (SSSR count). The molecule has 6 heteroatoms. The van der Waals surface area contributed by atoms with Crippen molar-refractivity contribution < 1.29 is 9.59 Å².